The van der Waals surface area contributed by atoms with E-state index in [-0.39, 0.29) is 16.4 Å². The third-order valence-corrected chi connectivity index (χ3v) is 4.54. The average Bonchev–Trinajstić information content (AvgIpc) is 2.32. The van der Waals surface area contributed by atoms with Crippen LogP contribution < -0.4 is 11.2 Å². The fourth-order valence-corrected chi connectivity index (χ4v) is 3.51. The van der Waals surface area contributed by atoms with Crippen LogP contribution in [0.25, 0.3) is 0 Å². The summed E-state index contributed by atoms with van der Waals surface area (Å²) in [5, 5.41) is 1.45. The van der Waals surface area contributed by atoms with E-state index in [9.17, 15) is 4.79 Å². The molecule has 8 heteroatoms. The zero-order valence-electron chi connectivity index (χ0n) is 11.4. The van der Waals surface area contributed by atoms with Gasteiger partial charge in [0.15, 0.2) is 5.11 Å². The summed E-state index contributed by atoms with van der Waals surface area (Å²) < 4.78 is 7.27. The van der Waals surface area contributed by atoms with Gasteiger partial charge < -0.3 is 10.5 Å². The summed E-state index contributed by atoms with van der Waals surface area (Å²) in [6, 6.07) is 5.98. The van der Waals surface area contributed by atoms with Gasteiger partial charge in [-0.05, 0) is 36.0 Å². The molecule has 3 N–H and O–H groups in total. The molecule has 114 valence electrons. The molecule has 1 aliphatic rings. The van der Waals surface area contributed by atoms with Gasteiger partial charge in [0.25, 0.3) is 0 Å². The number of thiocarbonyl (C=S) groups is 1. The Balaban J connectivity index is 2.15. The Morgan fingerprint density at radius 1 is 1.43 bits per heavy atom. The van der Waals surface area contributed by atoms with E-state index in [1.807, 2.05) is 18.2 Å². The van der Waals surface area contributed by atoms with Crippen LogP contribution in [-0.4, -0.2) is 36.3 Å². The highest BCUT2D eigenvalue weighted by molar-refractivity contribution is 9.11. The molecule has 1 amide bonds. The predicted molar refractivity (Wildman–Crippen MR) is 91.6 cm³/mol. The molecule has 0 unspecified atom stereocenters. The number of rotatable bonds is 3. The molecule has 1 heterocycles. The number of carbonyl (C=O) groups is 1. The Hall–Kier alpha value is -0.700. The number of nitrogens with two attached hydrogens (primary N) is 1. The van der Waals surface area contributed by atoms with Crippen LogP contribution in [0.2, 0.25) is 0 Å². The SMILES string of the molecule is CN(NC(=O)CC1(c2cc(Br)cc(Br)c2)COC1)C(N)=S. The molecule has 1 aromatic rings. The second kappa shape index (κ2) is 6.60. The van der Waals surface area contributed by atoms with Gasteiger partial charge in [0, 0.05) is 22.4 Å². The maximum absolute atomic E-state index is 12.2. The van der Waals surface area contributed by atoms with Gasteiger partial charge in [-0.3, -0.25) is 15.2 Å². The number of nitrogens with one attached hydrogen (secondary N) is 1. The molecule has 0 aliphatic carbocycles. The smallest absolute Gasteiger partial charge is 0.239 e. The van der Waals surface area contributed by atoms with Crippen LogP contribution in [0.5, 0.6) is 0 Å². The summed E-state index contributed by atoms with van der Waals surface area (Å²) in [4.78, 5) is 12.2. The van der Waals surface area contributed by atoms with E-state index in [2.05, 4.69) is 37.3 Å². The van der Waals surface area contributed by atoms with E-state index in [1.165, 1.54) is 5.01 Å². The summed E-state index contributed by atoms with van der Waals surface area (Å²) in [5.41, 5.74) is 8.85. The molecule has 0 radical (unpaired) electrons. The Bertz CT molecular complexity index is 558. The van der Waals surface area contributed by atoms with E-state index in [0.717, 1.165) is 14.5 Å². The third kappa shape index (κ3) is 3.94. The molecule has 1 aliphatic heterocycles. The van der Waals surface area contributed by atoms with Crippen molar-refractivity contribution in [1.82, 2.24) is 10.4 Å². The van der Waals surface area contributed by atoms with Crippen molar-refractivity contribution in [1.29, 1.82) is 0 Å². The van der Waals surface area contributed by atoms with Crippen molar-refractivity contribution in [3.8, 4) is 0 Å². The second-order valence-electron chi connectivity index (χ2n) is 5.04. The van der Waals surface area contributed by atoms with Crippen LogP contribution in [0, 0.1) is 0 Å². The average molecular weight is 437 g/mol. The van der Waals surface area contributed by atoms with Crippen molar-refractivity contribution in [2.75, 3.05) is 20.3 Å². The van der Waals surface area contributed by atoms with Crippen LogP contribution in [0.4, 0.5) is 0 Å². The molecule has 0 atom stereocenters. The van der Waals surface area contributed by atoms with E-state index < -0.39 is 0 Å². The van der Waals surface area contributed by atoms with E-state index >= 15 is 0 Å². The zero-order chi connectivity index (χ0) is 15.6. The largest absolute Gasteiger partial charge is 0.379 e. The monoisotopic (exact) mass is 435 g/mol. The first kappa shape index (κ1) is 16.7. The van der Waals surface area contributed by atoms with E-state index in [1.54, 1.807) is 7.05 Å². The van der Waals surface area contributed by atoms with Crippen molar-refractivity contribution in [3.63, 3.8) is 0 Å². The Kier molecular flexibility index (Phi) is 5.24. The lowest BCUT2D eigenvalue weighted by Gasteiger charge is -2.42. The minimum Gasteiger partial charge on any atom is -0.379 e. The highest BCUT2D eigenvalue weighted by atomic mass is 79.9. The highest BCUT2D eigenvalue weighted by Gasteiger charge is 2.42. The molecule has 5 nitrogen and oxygen atoms in total. The van der Waals surface area contributed by atoms with Gasteiger partial charge in [-0.25, -0.2) is 0 Å². The summed E-state index contributed by atoms with van der Waals surface area (Å²) in [6.07, 6.45) is 0.308. The number of nitrogens with zero attached hydrogens (tertiary/aromatic N) is 1. The zero-order valence-corrected chi connectivity index (χ0v) is 15.3. The van der Waals surface area contributed by atoms with Gasteiger partial charge >= 0.3 is 0 Å². The number of halogens is 2. The minimum atomic E-state index is -0.312. The van der Waals surface area contributed by atoms with Crippen LogP contribution in [0.3, 0.4) is 0 Å². The summed E-state index contributed by atoms with van der Waals surface area (Å²) in [6.45, 7) is 1.03. The lowest BCUT2D eigenvalue weighted by atomic mass is 9.75. The summed E-state index contributed by atoms with van der Waals surface area (Å²) >= 11 is 11.7. The first-order valence-electron chi connectivity index (χ1n) is 6.19. The van der Waals surface area contributed by atoms with Gasteiger partial charge in [-0.2, -0.15) is 0 Å². The Labute approximate surface area is 145 Å². The van der Waals surface area contributed by atoms with Crippen molar-refractivity contribution >= 4 is 55.1 Å². The quantitative estimate of drug-likeness (QED) is 0.560. The lowest BCUT2D eigenvalue weighted by molar-refractivity contribution is -0.132. The lowest BCUT2D eigenvalue weighted by Crippen LogP contribution is -2.53. The molecular formula is C13H15Br2N3O2S. The number of benzene rings is 1. The number of ether oxygens (including phenoxy) is 1. The standard InChI is InChI=1S/C13H15Br2N3O2S/c1-18(12(16)21)17-11(19)5-13(6-20-7-13)8-2-9(14)4-10(15)3-8/h2-4H,5-7H2,1H3,(H2,16,21)(H,17,19). The highest BCUT2D eigenvalue weighted by Crippen LogP contribution is 2.38. The fraction of sp³-hybridized carbons (Fsp3) is 0.385. The molecule has 1 fully saturated rings. The number of hydrogen-bond acceptors (Lipinski definition) is 3. The van der Waals surface area contributed by atoms with Crippen molar-refractivity contribution in [2.24, 2.45) is 5.73 Å². The predicted octanol–water partition coefficient (Wildman–Crippen LogP) is 2.08. The molecular weight excluding hydrogens is 422 g/mol. The Morgan fingerprint density at radius 3 is 2.43 bits per heavy atom. The normalized spacial score (nSPS) is 16.0. The maximum Gasteiger partial charge on any atom is 0.239 e. The molecule has 2 rings (SSSR count). The van der Waals surface area contributed by atoms with Gasteiger partial charge in [0.2, 0.25) is 5.91 Å². The van der Waals surface area contributed by atoms with Crippen LogP contribution in [-0.2, 0) is 14.9 Å². The fourth-order valence-electron chi connectivity index (χ4n) is 2.17. The molecule has 21 heavy (non-hydrogen) atoms. The maximum atomic E-state index is 12.2. The first-order chi connectivity index (χ1) is 9.82. The number of hydrogen-bond donors (Lipinski definition) is 2. The summed E-state index contributed by atoms with van der Waals surface area (Å²) in [7, 11) is 1.61. The Morgan fingerprint density at radius 2 is 2.00 bits per heavy atom. The second-order valence-corrected chi connectivity index (χ2v) is 7.29. The summed E-state index contributed by atoms with van der Waals surface area (Å²) in [5.74, 6) is -0.148. The van der Waals surface area contributed by atoms with Crippen molar-refractivity contribution < 1.29 is 9.53 Å². The topological polar surface area (TPSA) is 67.6 Å². The minimum absolute atomic E-state index is 0.118. The van der Waals surface area contributed by atoms with E-state index in [4.69, 9.17) is 22.7 Å². The van der Waals surface area contributed by atoms with Crippen LogP contribution in [0.1, 0.15) is 12.0 Å². The first-order valence-corrected chi connectivity index (χ1v) is 8.19. The van der Waals surface area contributed by atoms with Gasteiger partial charge in [-0.1, -0.05) is 31.9 Å². The molecule has 0 aromatic heterocycles. The molecule has 1 aromatic carbocycles. The number of carbonyl (C=O) groups excluding carboxylic acids is 1. The van der Waals surface area contributed by atoms with Gasteiger partial charge in [-0.15, -0.1) is 0 Å². The van der Waals surface area contributed by atoms with Gasteiger partial charge in [0.05, 0.1) is 18.6 Å². The molecule has 0 spiro atoms. The number of amides is 1. The molecule has 1 saturated heterocycles. The van der Waals surface area contributed by atoms with E-state index in [0.29, 0.717) is 19.6 Å². The third-order valence-electron chi connectivity index (χ3n) is 3.35. The van der Waals surface area contributed by atoms with Crippen LogP contribution >= 0.6 is 44.1 Å². The van der Waals surface area contributed by atoms with Crippen molar-refractivity contribution in [2.45, 2.75) is 11.8 Å². The van der Waals surface area contributed by atoms with Crippen molar-refractivity contribution in [3.05, 3.63) is 32.7 Å². The molecule has 0 saturated carbocycles. The van der Waals surface area contributed by atoms with Crippen LogP contribution in [0.15, 0.2) is 27.1 Å². The number of hydrazine groups is 1. The molecule has 0 bridgehead atoms. The van der Waals surface area contributed by atoms with Gasteiger partial charge in [0.1, 0.15) is 0 Å².